The normalized spacial score (nSPS) is 9.82. The van der Waals surface area contributed by atoms with Gasteiger partial charge >= 0.3 is 5.97 Å². The van der Waals surface area contributed by atoms with E-state index >= 15 is 0 Å². The van der Waals surface area contributed by atoms with Crippen molar-refractivity contribution in [1.82, 2.24) is 9.88 Å². The molecule has 0 saturated heterocycles. The molecular formula is C11H14N2O4. The number of amides is 1. The summed E-state index contributed by atoms with van der Waals surface area (Å²) in [6.45, 7) is 1.47. The molecule has 0 saturated carbocycles. The quantitative estimate of drug-likeness (QED) is 0.828. The molecule has 1 N–H and O–H groups in total. The number of hydrogen-bond acceptors (Lipinski definition) is 4. The molecule has 92 valence electrons. The molecule has 0 aliphatic carbocycles. The number of aromatic nitrogens is 1. The minimum absolute atomic E-state index is 0.0956. The maximum Gasteiger partial charge on any atom is 0.358 e. The molecule has 0 spiro atoms. The molecule has 6 nitrogen and oxygen atoms in total. The maximum absolute atomic E-state index is 11.3. The van der Waals surface area contributed by atoms with Gasteiger partial charge in [0.1, 0.15) is 0 Å². The second-order valence-electron chi connectivity index (χ2n) is 3.68. The number of ether oxygens (including phenoxy) is 1. The molecule has 0 radical (unpaired) electrons. The Hall–Kier alpha value is -2.11. The summed E-state index contributed by atoms with van der Waals surface area (Å²) in [5.41, 5.74) is 0.394. The number of rotatable bonds is 4. The number of carboxylic acid groups (broad SMARTS) is 1. The zero-order chi connectivity index (χ0) is 13.0. The molecule has 0 aliphatic heterocycles. The van der Waals surface area contributed by atoms with Crippen molar-refractivity contribution in [3.05, 3.63) is 23.5 Å². The maximum atomic E-state index is 11.3. The van der Waals surface area contributed by atoms with E-state index in [0.717, 1.165) is 0 Å². The smallest absolute Gasteiger partial charge is 0.358 e. The van der Waals surface area contributed by atoms with Gasteiger partial charge in [-0.15, -0.1) is 0 Å². The highest BCUT2D eigenvalue weighted by atomic mass is 16.5. The van der Waals surface area contributed by atoms with Gasteiger partial charge in [0, 0.05) is 19.8 Å². The lowest BCUT2D eigenvalue weighted by atomic mass is 10.3. The molecule has 1 heterocycles. The number of hydrogen-bond donors (Lipinski definition) is 1. The van der Waals surface area contributed by atoms with Crippen LogP contribution in [0.2, 0.25) is 0 Å². The second-order valence-corrected chi connectivity index (χ2v) is 3.68. The average Bonchev–Trinajstić information content (AvgIpc) is 2.26. The van der Waals surface area contributed by atoms with Gasteiger partial charge in [-0.1, -0.05) is 0 Å². The third-order valence-electron chi connectivity index (χ3n) is 2.05. The van der Waals surface area contributed by atoms with Gasteiger partial charge in [-0.05, 0) is 19.1 Å². The number of carboxylic acids is 1. The van der Waals surface area contributed by atoms with Gasteiger partial charge in [0.15, 0.2) is 18.1 Å². The number of carbonyl (C=O) groups is 2. The molecule has 0 aliphatic rings. The van der Waals surface area contributed by atoms with E-state index in [1.165, 1.54) is 11.0 Å². The largest absolute Gasteiger partial charge is 0.481 e. The van der Waals surface area contributed by atoms with Crippen LogP contribution >= 0.6 is 0 Å². The van der Waals surface area contributed by atoms with Gasteiger partial charge in [0.25, 0.3) is 5.91 Å². The van der Waals surface area contributed by atoms with E-state index in [-0.39, 0.29) is 24.0 Å². The Morgan fingerprint density at radius 2 is 2.06 bits per heavy atom. The predicted octanol–water partition coefficient (Wildman–Crippen LogP) is 0.555. The van der Waals surface area contributed by atoms with Crippen molar-refractivity contribution in [2.75, 3.05) is 20.7 Å². The van der Waals surface area contributed by atoms with Crippen LogP contribution in [0.5, 0.6) is 5.75 Å². The highest BCUT2D eigenvalue weighted by Crippen LogP contribution is 2.16. The van der Waals surface area contributed by atoms with E-state index < -0.39 is 5.97 Å². The number of carbonyl (C=O) groups excluding carboxylic acids is 1. The molecule has 6 heteroatoms. The van der Waals surface area contributed by atoms with Crippen LogP contribution in [0.15, 0.2) is 12.1 Å². The van der Waals surface area contributed by atoms with Crippen LogP contribution in [-0.2, 0) is 4.79 Å². The number of aryl methyl sites for hydroxylation is 1. The van der Waals surface area contributed by atoms with Crippen molar-refractivity contribution in [1.29, 1.82) is 0 Å². The van der Waals surface area contributed by atoms with E-state index in [1.807, 2.05) is 0 Å². The van der Waals surface area contributed by atoms with E-state index in [2.05, 4.69) is 4.98 Å². The van der Waals surface area contributed by atoms with Gasteiger partial charge in [0.05, 0.1) is 0 Å². The van der Waals surface area contributed by atoms with Crippen LogP contribution in [-0.4, -0.2) is 47.6 Å². The van der Waals surface area contributed by atoms with Crippen molar-refractivity contribution >= 4 is 11.9 Å². The third-order valence-corrected chi connectivity index (χ3v) is 2.05. The molecule has 0 atom stereocenters. The monoisotopic (exact) mass is 238 g/mol. The number of pyridine rings is 1. The first-order chi connectivity index (χ1) is 7.91. The van der Waals surface area contributed by atoms with Gasteiger partial charge < -0.3 is 14.7 Å². The summed E-state index contributed by atoms with van der Waals surface area (Å²) in [7, 11) is 3.19. The standard InChI is InChI=1S/C11H14N2O4/c1-7-4-5-8(10(12-7)11(15)16)17-6-9(14)13(2)3/h4-5H,6H2,1-3H3,(H,15,16). The van der Waals surface area contributed by atoms with E-state index in [0.29, 0.717) is 5.69 Å². The van der Waals surface area contributed by atoms with E-state index in [9.17, 15) is 9.59 Å². The van der Waals surface area contributed by atoms with Crippen LogP contribution in [0.1, 0.15) is 16.2 Å². The lowest BCUT2D eigenvalue weighted by Gasteiger charge is -2.12. The summed E-state index contributed by atoms with van der Waals surface area (Å²) in [5.74, 6) is -1.33. The summed E-state index contributed by atoms with van der Waals surface area (Å²) in [6.07, 6.45) is 0. The second kappa shape index (κ2) is 5.29. The highest BCUT2D eigenvalue weighted by Gasteiger charge is 2.15. The zero-order valence-electron chi connectivity index (χ0n) is 9.93. The Morgan fingerprint density at radius 3 is 2.59 bits per heavy atom. The summed E-state index contributed by atoms with van der Waals surface area (Å²) in [6, 6.07) is 3.12. The van der Waals surface area contributed by atoms with Crippen molar-refractivity contribution in [3.63, 3.8) is 0 Å². The van der Waals surface area contributed by atoms with Gasteiger partial charge in [0.2, 0.25) is 0 Å². The van der Waals surface area contributed by atoms with Crippen molar-refractivity contribution < 1.29 is 19.4 Å². The molecule has 0 bridgehead atoms. The van der Waals surface area contributed by atoms with Gasteiger partial charge in [-0.2, -0.15) is 0 Å². The first kappa shape index (κ1) is 13.0. The predicted molar refractivity (Wildman–Crippen MR) is 60.1 cm³/mol. The van der Waals surface area contributed by atoms with Crippen LogP contribution in [0.3, 0.4) is 0 Å². The summed E-state index contributed by atoms with van der Waals surface area (Å²) < 4.78 is 5.14. The topological polar surface area (TPSA) is 79.7 Å². The molecule has 0 fully saturated rings. The molecule has 0 unspecified atom stereocenters. The lowest BCUT2D eigenvalue weighted by Crippen LogP contribution is -2.28. The average molecular weight is 238 g/mol. The minimum atomic E-state index is -1.18. The van der Waals surface area contributed by atoms with Crippen molar-refractivity contribution in [2.24, 2.45) is 0 Å². The Balaban J connectivity index is 2.84. The molecule has 17 heavy (non-hydrogen) atoms. The van der Waals surface area contributed by atoms with Crippen LogP contribution in [0.25, 0.3) is 0 Å². The Bertz CT molecular complexity index is 443. The van der Waals surface area contributed by atoms with Gasteiger partial charge in [-0.3, -0.25) is 4.79 Å². The number of nitrogens with zero attached hydrogens (tertiary/aromatic N) is 2. The first-order valence-corrected chi connectivity index (χ1v) is 4.95. The molecule has 1 rings (SSSR count). The fourth-order valence-electron chi connectivity index (χ4n) is 1.08. The van der Waals surface area contributed by atoms with Crippen LogP contribution in [0, 0.1) is 6.92 Å². The molecule has 1 aromatic rings. The first-order valence-electron chi connectivity index (χ1n) is 4.95. The Labute approximate surface area is 98.8 Å². The fourth-order valence-corrected chi connectivity index (χ4v) is 1.08. The fraction of sp³-hybridized carbons (Fsp3) is 0.364. The SMILES string of the molecule is Cc1ccc(OCC(=O)N(C)C)c(C(=O)O)n1. The van der Waals surface area contributed by atoms with Crippen LogP contribution in [0.4, 0.5) is 0 Å². The highest BCUT2D eigenvalue weighted by molar-refractivity contribution is 5.88. The van der Waals surface area contributed by atoms with E-state index in [1.54, 1.807) is 27.1 Å². The van der Waals surface area contributed by atoms with Crippen molar-refractivity contribution in [3.8, 4) is 5.75 Å². The number of aromatic carboxylic acids is 1. The van der Waals surface area contributed by atoms with Crippen LogP contribution < -0.4 is 4.74 Å². The minimum Gasteiger partial charge on any atom is -0.481 e. The van der Waals surface area contributed by atoms with Gasteiger partial charge in [-0.25, -0.2) is 9.78 Å². The Kier molecular flexibility index (Phi) is 4.03. The summed E-state index contributed by atoms with van der Waals surface area (Å²) in [5, 5.41) is 8.93. The lowest BCUT2D eigenvalue weighted by molar-refractivity contribution is -0.130. The molecule has 0 aromatic carbocycles. The van der Waals surface area contributed by atoms with Crippen molar-refractivity contribution in [2.45, 2.75) is 6.92 Å². The molecule has 1 aromatic heterocycles. The molecular weight excluding hydrogens is 224 g/mol. The number of likely N-dealkylation sites (N-methyl/N-ethyl adjacent to an activating group) is 1. The Morgan fingerprint density at radius 1 is 1.41 bits per heavy atom. The molecule has 1 amide bonds. The summed E-state index contributed by atoms with van der Waals surface area (Å²) >= 11 is 0. The summed E-state index contributed by atoms with van der Waals surface area (Å²) in [4.78, 5) is 27.4. The van der Waals surface area contributed by atoms with E-state index in [4.69, 9.17) is 9.84 Å². The zero-order valence-corrected chi connectivity index (χ0v) is 9.93. The third kappa shape index (κ3) is 3.44.